The number of nitrogen functional groups attached to an aromatic ring is 1. The van der Waals surface area contributed by atoms with Crippen molar-refractivity contribution in [1.82, 2.24) is 15.5 Å². The fourth-order valence-electron chi connectivity index (χ4n) is 1.21. The Kier molecular flexibility index (Phi) is 3.87. The summed E-state index contributed by atoms with van der Waals surface area (Å²) >= 11 is 0. The Bertz CT molecular complexity index is 399. The van der Waals surface area contributed by atoms with E-state index in [0.29, 0.717) is 12.1 Å². The van der Waals surface area contributed by atoms with Crippen LogP contribution < -0.4 is 16.8 Å². The lowest BCUT2D eigenvalue weighted by molar-refractivity contribution is -0.117. The van der Waals surface area contributed by atoms with E-state index in [4.69, 9.17) is 11.5 Å². The van der Waals surface area contributed by atoms with E-state index >= 15 is 0 Å². The summed E-state index contributed by atoms with van der Waals surface area (Å²) in [6, 6.07) is 0. The molecule has 0 aliphatic carbocycles. The predicted molar refractivity (Wildman–Crippen MR) is 58.5 cm³/mol. The van der Waals surface area contributed by atoms with Crippen molar-refractivity contribution in [3.63, 3.8) is 0 Å². The van der Waals surface area contributed by atoms with Crippen LogP contribution in [-0.2, 0) is 11.2 Å². The third-order valence-electron chi connectivity index (χ3n) is 2.11. The van der Waals surface area contributed by atoms with Crippen LogP contribution in [0.1, 0.15) is 29.5 Å². The van der Waals surface area contributed by atoms with Crippen LogP contribution in [0.2, 0.25) is 0 Å². The van der Waals surface area contributed by atoms with E-state index < -0.39 is 11.8 Å². The van der Waals surface area contributed by atoms with Crippen molar-refractivity contribution in [2.45, 2.75) is 19.8 Å². The minimum Gasteiger partial charge on any atom is -0.395 e. The van der Waals surface area contributed by atoms with Gasteiger partial charge >= 0.3 is 0 Å². The van der Waals surface area contributed by atoms with Crippen LogP contribution in [0.4, 0.5) is 5.69 Å². The van der Waals surface area contributed by atoms with Gasteiger partial charge in [-0.05, 0) is 6.42 Å². The van der Waals surface area contributed by atoms with Gasteiger partial charge in [0.1, 0.15) is 0 Å². The lowest BCUT2D eigenvalue weighted by Crippen LogP contribution is -2.28. The first-order valence-corrected chi connectivity index (χ1v) is 4.95. The number of hydrogen-bond acceptors (Lipinski definition) is 4. The summed E-state index contributed by atoms with van der Waals surface area (Å²) in [6.45, 7) is 2.08. The van der Waals surface area contributed by atoms with Gasteiger partial charge in [-0.2, -0.15) is 5.10 Å². The Morgan fingerprint density at radius 3 is 2.69 bits per heavy atom. The van der Waals surface area contributed by atoms with Crippen molar-refractivity contribution >= 4 is 17.5 Å². The third-order valence-corrected chi connectivity index (χ3v) is 2.11. The molecule has 0 aromatic carbocycles. The summed E-state index contributed by atoms with van der Waals surface area (Å²) in [5.74, 6) is -0.876. The molecule has 0 aliphatic rings. The van der Waals surface area contributed by atoms with Crippen molar-refractivity contribution in [2.24, 2.45) is 5.73 Å². The van der Waals surface area contributed by atoms with Gasteiger partial charge in [-0.15, -0.1) is 0 Å². The number of hydrogen-bond donors (Lipinski definition) is 4. The molecule has 88 valence electrons. The average Bonchev–Trinajstić information content (AvgIpc) is 2.58. The Hall–Kier alpha value is -2.05. The number of aromatic nitrogens is 2. The van der Waals surface area contributed by atoms with Gasteiger partial charge in [-0.25, -0.2) is 0 Å². The highest BCUT2D eigenvalue weighted by molar-refractivity contribution is 5.97. The van der Waals surface area contributed by atoms with Gasteiger partial charge in [-0.3, -0.25) is 14.7 Å². The molecule has 7 heteroatoms. The normalized spacial score (nSPS) is 10.1. The van der Waals surface area contributed by atoms with Crippen LogP contribution in [0.25, 0.3) is 0 Å². The SMILES string of the molecule is CCc1[nH]nc(C(=O)NCCC(N)=O)c1N. The molecule has 1 rings (SSSR count). The number of primary amides is 1. The standard InChI is InChI=1S/C9H15N5O2/c1-2-5-7(11)8(14-13-5)9(16)12-4-3-6(10)15/h2-4,11H2,1H3,(H2,10,15)(H,12,16)(H,13,14). The highest BCUT2D eigenvalue weighted by Gasteiger charge is 2.15. The fourth-order valence-corrected chi connectivity index (χ4v) is 1.21. The molecule has 7 nitrogen and oxygen atoms in total. The van der Waals surface area contributed by atoms with Gasteiger partial charge in [-0.1, -0.05) is 6.92 Å². The van der Waals surface area contributed by atoms with E-state index in [1.165, 1.54) is 0 Å². The molecule has 0 aliphatic heterocycles. The minimum absolute atomic E-state index is 0.0940. The maximum Gasteiger partial charge on any atom is 0.273 e. The number of nitrogens with one attached hydrogen (secondary N) is 2. The molecule has 16 heavy (non-hydrogen) atoms. The van der Waals surface area contributed by atoms with Crippen molar-refractivity contribution in [3.8, 4) is 0 Å². The van der Waals surface area contributed by atoms with E-state index in [-0.39, 0.29) is 18.7 Å². The van der Waals surface area contributed by atoms with Crippen molar-refractivity contribution < 1.29 is 9.59 Å². The van der Waals surface area contributed by atoms with Crippen LogP contribution in [-0.4, -0.2) is 28.6 Å². The third kappa shape index (κ3) is 2.72. The number of rotatable bonds is 5. The van der Waals surface area contributed by atoms with Gasteiger partial charge in [0.25, 0.3) is 5.91 Å². The number of anilines is 1. The zero-order valence-corrected chi connectivity index (χ0v) is 9.04. The summed E-state index contributed by atoms with van der Waals surface area (Å²) in [6.07, 6.45) is 0.768. The second-order valence-electron chi connectivity index (χ2n) is 3.29. The fraction of sp³-hybridized carbons (Fsp3) is 0.444. The van der Waals surface area contributed by atoms with Crippen LogP contribution in [0, 0.1) is 0 Å². The minimum atomic E-state index is -0.468. The summed E-state index contributed by atoms with van der Waals surface area (Å²) in [4.78, 5) is 22.0. The van der Waals surface area contributed by atoms with E-state index in [0.717, 1.165) is 5.69 Å². The molecule has 0 unspecified atom stereocenters. The number of amides is 2. The van der Waals surface area contributed by atoms with Crippen LogP contribution in [0.15, 0.2) is 0 Å². The predicted octanol–water partition coefficient (Wildman–Crippen LogP) is -0.840. The maximum absolute atomic E-state index is 11.6. The molecule has 0 spiro atoms. The zero-order valence-electron chi connectivity index (χ0n) is 9.04. The summed E-state index contributed by atoms with van der Waals surface area (Å²) in [5.41, 5.74) is 11.9. The van der Waals surface area contributed by atoms with Crippen LogP contribution in [0.5, 0.6) is 0 Å². The maximum atomic E-state index is 11.6. The number of H-pyrrole nitrogens is 1. The first-order valence-electron chi connectivity index (χ1n) is 4.95. The summed E-state index contributed by atoms with van der Waals surface area (Å²) in [5, 5.41) is 8.99. The second kappa shape index (κ2) is 5.15. The Labute approximate surface area is 92.6 Å². The van der Waals surface area contributed by atoms with E-state index in [1.54, 1.807) is 0 Å². The first kappa shape index (κ1) is 12.0. The molecule has 1 aromatic heterocycles. The van der Waals surface area contributed by atoms with Crippen molar-refractivity contribution in [1.29, 1.82) is 0 Å². The highest BCUT2D eigenvalue weighted by atomic mass is 16.2. The quantitative estimate of drug-likeness (QED) is 0.521. The number of aromatic amines is 1. The zero-order chi connectivity index (χ0) is 12.1. The van der Waals surface area contributed by atoms with Crippen molar-refractivity contribution in [3.05, 3.63) is 11.4 Å². The Balaban J connectivity index is 2.59. The van der Waals surface area contributed by atoms with Gasteiger partial charge in [0.05, 0.1) is 11.4 Å². The first-order chi connectivity index (χ1) is 7.56. The molecular formula is C9H15N5O2. The van der Waals surface area contributed by atoms with Crippen molar-refractivity contribution in [2.75, 3.05) is 12.3 Å². The van der Waals surface area contributed by atoms with Crippen LogP contribution >= 0.6 is 0 Å². The van der Waals surface area contributed by atoms with Gasteiger partial charge in [0, 0.05) is 13.0 Å². The summed E-state index contributed by atoms with van der Waals surface area (Å²) < 4.78 is 0. The molecule has 1 aromatic rings. The Morgan fingerprint density at radius 1 is 1.50 bits per heavy atom. The topological polar surface area (TPSA) is 127 Å². The van der Waals surface area contributed by atoms with E-state index in [9.17, 15) is 9.59 Å². The smallest absolute Gasteiger partial charge is 0.273 e. The van der Waals surface area contributed by atoms with Gasteiger partial charge in [0.15, 0.2) is 5.69 Å². The lowest BCUT2D eigenvalue weighted by atomic mass is 10.2. The average molecular weight is 225 g/mol. The largest absolute Gasteiger partial charge is 0.395 e. The number of carbonyl (C=O) groups is 2. The lowest BCUT2D eigenvalue weighted by Gasteiger charge is -2.01. The molecule has 6 N–H and O–H groups in total. The molecule has 0 saturated carbocycles. The summed E-state index contributed by atoms with van der Waals surface area (Å²) in [7, 11) is 0. The van der Waals surface area contributed by atoms with Gasteiger partial charge < -0.3 is 16.8 Å². The molecule has 0 saturated heterocycles. The van der Waals surface area contributed by atoms with Crippen LogP contribution in [0.3, 0.4) is 0 Å². The number of nitrogens with two attached hydrogens (primary N) is 2. The molecular weight excluding hydrogens is 210 g/mol. The molecule has 0 atom stereocenters. The molecule has 0 fully saturated rings. The molecule has 1 heterocycles. The van der Waals surface area contributed by atoms with E-state index in [2.05, 4.69) is 15.5 Å². The number of carbonyl (C=O) groups excluding carboxylic acids is 2. The molecule has 2 amide bonds. The second-order valence-corrected chi connectivity index (χ2v) is 3.29. The Morgan fingerprint density at radius 2 is 2.19 bits per heavy atom. The number of aryl methyl sites for hydroxylation is 1. The van der Waals surface area contributed by atoms with E-state index in [1.807, 2.05) is 6.92 Å². The van der Waals surface area contributed by atoms with Gasteiger partial charge in [0.2, 0.25) is 5.91 Å². The highest BCUT2D eigenvalue weighted by Crippen LogP contribution is 2.13. The monoisotopic (exact) mass is 225 g/mol. The molecule has 0 bridgehead atoms. The number of nitrogens with zero attached hydrogens (tertiary/aromatic N) is 1. The molecule has 0 radical (unpaired) electrons.